The molecule has 0 radical (unpaired) electrons. The Labute approximate surface area is 157 Å². The summed E-state index contributed by atoms with van der Waals surface area (Å²) in [6, 6.07) is 8.72. The average molecular weight is 403 g/mol. The molecule has 0 bridgehead atoms. The minimum absolute atomic E-state index is 0.0873. The van der Waals surface area contributed by atoms with Crippen LogP contribution in [0.1, 0.15) is 5.56 Å². The van der Waals surface area contributed by atoms with Gasteiger partial charge in [0, 0.05) is 12.0 Å². The van der Waals surface area contributed by atoms with E-state index in [4.69, 9.17) is 9.47 Å². The van der Waals surface area contributed by atoms with E-state index in [2.05, 4.69) is 5.32 Å². The van der Waals surface area contributed by atoms with Gasteiger partial charge in [0.05, 0.1) is 23.6 Å². The number of halogens is 4. The van der Waals surface area contributed by atoms with Crippen LogP contribution in [0.2, 0.25) is 0 Å². The maximum absolute atomic E-state index is 13.6. The van der Waals surface area contributed by atoms with E-state index >= 15 is 0 Å². The molecule has 9 heteroatoms. The fourth-order valence-electron chi connectivity index (χ4n) is 2.06. The van der Waals surface area contributed by atoms with E-state index in [1.165, 1.54) is 25.3 Å². The molecular weight excluding hydrogens is 386 g/mol. The van der Waals surface area contributed by atoms with E-state index in [1.807, 2.05) is 0 Å². The van der Waals surface area contributed by atoms with Crippen molar-refractivity contribution in [3.05, 3.63) is 53.8 Å². The van der Waals surface area contributed by atoms with Crippen molar-refractivity contribution in [2.24, 2.45) is 0 Å². The van der Waals surface area contributed by atoms with Crippen molar-refractivity contribution in [1.82, 2.24) is 0 Å². The number of hydrogen-bond donors (Lipinski definition) is 1. The van der Waals surface area contributed by atoms with Crippen molar-refractivity contribution in [3.8, 4) is 5.75 Å². The van der Waals surface area contributed by atoms with Gasteiger partial charge in [-0.05, 0) is 30.3 Å². The van der Waals surface area contributed by atoms with Crippen molar-refractivity contribution in [1.29, 1.82) is 0 Å². The van der Waals surface area contributed by atoms with Crippen LogP contribution in [0.25, 0.3) is 0 Å². The second kappa shape index (κ2) is 9.61. The molecule has 0 aromatic heterocycles. The number of thioether (sulfide) groups is 1. The van der Waals surface area contributed by atoms with Gasteiger partial charge in [0.2, 0.25) is 5.91 Å². The number of rotatable bonds is 8. The molecule has 2 aromatic rings. The van der Waals surface area contributed by atoms with Gasteiger partial charge in [-0.25, -0.2) is 4.39 Å². The molecular formula is C18H17F4NO3S. The first-order valence-electron chi connectivity index (χ1n) is 7.81. The van der Waals surface area contributed by atoms with Crippen molar-refractivity contribution in [2.45, 2.75) is 11.1 Å². The van der Waals surface area contributed by atoms with Crippen LogP contribution >= 0.6 is 11.8 Å². The molecule has 1 amide bonds. The third-order valence-electron chi connectivity index (χ3n) is 3.32. The lowest BCUT2D eigenvalue weighted by molar-refractivity contribution is -0.137. The molecule has 4 nitrogen and oxygen atoms in total. The second-order valence-corrected chi connectivity index (χ2v) is 6.33. The van der Waals surface area contributed by atoms with Crippen LogP contribution < -0.4 is 10.1 Å². The lowest BCUT2D eigenvalue weighted by Gasteiger charge is -2.15. The number of alkyl halides is 3. The molecule has 0 fully saturated rings. The summed E-state index contributed by atoms with van der Waals surface area (Å²) >= 11 is 0.941. The molecule has 0 spiro atoms. The number of amides is 1. The quantitative estimate of drug-likeness (QED) is 0.398. The molecule has 0 aliphatic carbocycles. The summed E-state index contributed by atoms with van der Waals surface area (Å²) in [6.45, 7) is 0.340. The first kappa shape index (κ1) is 21.0. The number of benzene rings is 2. The fraction of sp³-hybridized carbons (Fsp3) is 0.278. The Morgan fingerprint density at radius 2 is 1.89 bits per heavy atom. The molecule has 0 saturated heterocycles. The average Bonchev–Trinajstić information content (AvgIpc) is 2.61. The van der Waals surface area contributed by atoms with Crippen LogP contribution in [0.15, 0.2) is 47.4 Å². The zero-order chi connectivity index (χ0) is 19.9. The Morgan fingerprint density at radius 1 is 1.15 bits per heavy atom. The van der Waals surface area contributed by atoms with Gasteiger partial charge < -0.3 is 14.8 Å². The summed E-state index contributed by atoms with van der Waals surface area (Å²) in [5, 5.41) is 2.39. The largest absolute Gasteiger partial charge is 0.489 e. The highest BCUT2D eigenvalue weighted by Crippen LogP contribution is 2.35. The van der Waals surface area contributed by atoms with Crippen LogP contribution in [0.4, 0.5) is 23.2 Å². The van der Waals surface area contributed by atoms with E-state index in [0.717, 1.165) is 30.0 Å². The Kier molecular flexibility index (Phi) is 7.49. The van der Waals surface area contributed by atoms with Crippen LogP contribution in [0.5, 0.6) is 5.75 Å². The minimum Gasteiger partial charge on any atom is -0.489 e. The molecule has 27 heavy (non-hydrogen) atoms. The standard InChI is InChI=1S/C18H17F4NO3S/c1-25-8-9-26-15-7-6-12(18(20,21)22)10-14(15)23-17(24)11-27-16-5-3-2-4-13(16)19/h2-7,10H,8-9,11H2,1H3,(H,23,24). The van der Waals surface area contributed by atoms with Crippen molar-refractivity contribution in [2.75, 3.05) is 31.4 Å². The number of carbonyl (C=O) groups excluding carboxylic acids is 1. The molecule has 0 aliphatic rings. The summed E-state index contributed by atoms with van der Waals surface area (Å²) in [5.74, 6) is -1.14. The van der Waals surface area contributed by atoms with Gasteiger partial charge in [-0.3, -0.25) is 4.79 Å². The van der Waals surface area contributed by atoms with E-state index in [0.29, 0.717) is 0 Å². The van der Waals surface area contributed by atoms with E-state index in [-0.39, 0.29) is 35.3 Å². The van der Waals surface area contributed by atoms with Crippen molar-refractivity contribution >= 4 is 23.4 Å². The van der Waals surface area contributed by atoms with Crippen LogP contribution in [0.3, 0.4) is 0 Å². The SMILES string of the molecule is COCCOc1ccc(C(F)(F)F)cc1NC(=O)CSc1ccccc1F. The zero-order valence-electron chi connectivity index (χ0n) is 14.3. The fourth-order valence-corrected chi connectivity index (χ4v) is 2.80. The number of carbonyl (C=O) groups is 1. The van der Waals surface area contributed by atoms with Crippen LogP contribution in [0, 0.1) is 5.82 Å². The molecule has 0 atom stereocenters. The number of nitrogens with one attached hydrogen (secondary N) is 1. The molecule has 0 aliphatic heterocycles. The van der Waals surface area contributed by atoms with Gasteiger partial charge in [-0.1, -0.05) is 12.1 Å². The summed E-state index contributed by atoms with van der Waals surface area (Å²) in [7, 11) is 1.46. The number of methoxy groups -OCH3 is 1. The van der Waals surface area contributed by atoms with E-state index < -0.39 is 23.5 Å². The van der Waals surface area contributed by atoms with E-state index in [9.17, 15) is 22.4 Å². The van der Waals surface area contributed by atoms with E-state index in [1.54, 1.807) is 6.07 Å². The monoisotopic (exact) mass is 403 g/mol. The van der Waals surface area contributed by atoms with Gasteiger partial charge >= 0.3 is 6.18 Å². The predicted octanol–water partition coefficient (Wildman–Crippen LogP) is 4.60. The molecule has 0 unspecified atom stereocenters. The van der Waals surface area contributed by atoms with Crippen LogP contribution in [-0.4, -0.2) is 32.0 Å². The normalized spacial score (nSPS) is 11.3. The number of anilines is 1. The highest BCUT2D eigenvalue weighted by molar-refractivity contribution is 8.00. The van der Waals surface area contributed by atoms with Gasteiger partial charge in [0.1, 0.15) is 18.2 Å². The van der Waals surface area contributed by atoms with Crippen molar-refractivity contribution in [3.63, 3.8) is 0 Å². The lowest BCUT2D eigenvalue weighted by Crippen LogP contribution is -2.17. The maximum atomic E-state index is 13.6. The molecule has 2 rings (SSSR count). The number of hydrogen-bond acceptors (Lipinski definition) is 4. The van der Waals surface area contributed by atoms with Gasteiger partial charge in [-0.15, -0.1) is 11.8 Å². The Bertz CT molecular complexity index is 783. The summed E-state index contributed by atoms with van der Waals surface area (Å²) < 4.78 is 62.6. The zero-order valence-corrected chi connectivity index (χ0v) is 15.1. The third kappa shape index (κ3) is 6.44. The molecule has 146 valence electrons. The van der Waals surface area contributed by atoms with Gasteiger partial charge in [0.25, 0.3) is 0 Å². The Hall–Kier alpha value is -2.26. The highest BCUT2D eigenvalue weighted by atomic mass is 32.2. The first-order valence-corrected chi connectivity index (χ1v) is 8.80. The third-order valence-corrected chi connectivity index (χ3v) is 4.37. The lowest BCUT2D eigenvalue weighted by atomic mass is 10.1. The molecule has 0 heterocycles. The smallest absolute Gasteiger partial charge is 0.416 e. The van der Waals surface area contributed by atoms with Crippen molar-refractivity contribution < 1.29 is 31.8 Å². The Balaban J connectivity index is 2.11. The van der Waals surface area contributed by atoms with Gasteiger partial charge in [0.15, 0.2) is 0 Å². The first-order chi connectivity index (χ1) is 12.8. The Morgan fingerprint density at radius 3 is 2.56 bits per heavy atom. The maximum Gasteiger partial charge on any atom is 0.416 e. The molecule has 0 saturated carbocycles. The predicted molar refractivity (Wildman–Crippen MR) is 94.6 cm³/mol. The minimum atomic E-state index is -4.56. The van der Waals surface area contributed by atoms with Crippen LogP contribution in [-0.2, 0) is 15.7 Å². The molecule has 2 aromatic carbocycles. The summed E-state index contributed by atoms with van der Waals surface area (Å²) in [5.41, 5.74) is -1.03. The summed E-state index contributed by atoms with van der Waals surface area (Å²) in [4.78, 5) is 12.4. The van der Waals surface area contributed by atoms with Gasteiger partial charge in [-0.2, -0.15) is 13.2 Å². The second-order valence-electron chi connectivity index (χ2n) is 5.32. The topological polar surface area (TPSA) is 47.6 Å². The highest BCUT2D eigenvalue weighted by Gasteiger charge is 2.31. The molecule has 1 N–H and O–H groups in total. The summed E-state index contributed by atoms with van der Waals surface area (Å²) in [6.07, 6.45) is -4.56. The number of ether oxygens (including phenoxy) is 2.